The smallest absolute Gasteiger partial charge is 0.350 e. The standard InChI is InChI=1S/C19H15NO5/c1-19(2)24-17(21)12(18(22)25-19)10-20-13-7-5-9-15-16(13)11-6-3-4-8-14(11)23-15/h3-10,20H,1-2H3. The van der Waals surface area contributed by atoms with Crippen LogP contribution >= 0.6 is 0 Å². The zero-order chi connectivity index (χ0) is 17.6. The third kappa shape index (κ3) is 2.61. The topological polar surface area (TPSA) is 77.8 Å². The largest absolute Gasteiger partial charge is 0.456 e. The number of cyclic esters (lactones) is 2. The first-order chi connectivity index (χ1) is 11.9. The molecule has 2 heterocycles. The number of esters is 2. The van der Waals surface area contributed by atoms with Gasteiger partial charge in [-0.25, -0.2) is 9.59 Å². The van der Waals surface area contributed by atoms with E-state index in [1.807, 2.05) is 42.5 Å². The van der Waals surface area contributed by atoms with Crippen LogP contribution in [0, 0.1) is 0 Å². The number of carbonyl (C=O) groups excluding carboxylic acids is 2. The highest BCUT2D eigenvalue weighted by Crippen LogP contribution is 2.34. The van der Waals surface area contributed by atoms with Gasteiger partial charge in [0.15, 0.2) is 5.57 Å². The zero-order valence-corrected chi connectivity index (χ0v) is 13.7. The van der Waals surface area contributed by atoms with Gasteiger partial charge >= 0.3 is 11.9 Å². The number of benzene rings is 2. The molecule has 2 aromatic carbocycles. The molecule has 0 aliphatic carbocycles. The second-order valence-corrected chi connectivity index (χ2v) is 6.16. The normalized spacial score (nSPS) is 16.6. The molecule has 0 spiro atoms. The maximum atomic E-state index is 12.0. The predicted molar refractivity (Wildman–Crippen MR) is 91.7 cm³/mol. The van der Waals surface area contributed by atoms with Gasteiger partial charge < -0.3 is 19.2 Å². The molecule has 1 fully saturated rings. The minimum atomic E-state index is -1.26. The van der Waals surface area contributed by atoms with Crippen molar-refractivity contribution in [3.8, 4) is 0 Å². The second kappa shape index (κ2) is 5.37. The maximum absolute atomic E-state index is 12.0. The van der Waals surface area contributed by atoms with Crippen LogP contribution < -0.4 is 5.32 Å². The lowest BCUT2D eigenvalue weighted by Gasteiger charge is -2.29. The van der Waals surface area contributed by atoms with Gasteiger partial charge in [0.1, 0.15) is 11.2 Å². The molecule has 0 saturated carbocycles. The highest BCUT2D eigenvalue weighted by atomic mass is 16.7. The molecule has 126 valence electrons. The van der Waals surface area contributed by atoms with Gasteiger partial charge in [-0.3, -0.25) is 0 Å². The van der Waals surface area contributed by atoms with Gasteiger partial charge in [0.2, 0.25) is 0 Å². The van der Waals surface area contributed by atoms with Gasteiger partial charge in [-0.1, -0.05) is 24.3 Å². The summed E-state index contributed by atoms with van der Waals surface area (Å²) >= 11 is 0. The molecular weight excluding hydrogens is 322 g/mol. The van der Waals surface area contributed by atoms with Crippen molar-refractivity contribution >= 4 is 39.6 Å². The lowest BCUT2D eigenvalue weighted by molar-refractivity contribution is -0.222. The van der Waals surface area contributed by atoms with Gasteiger partial charge in [0.25, 0.3) is 5.79 Å². The first kappa shape index (κ1) is 15.3. The molecular formula is C19H15NO5. The van der Waals surface area contributed by atoms with Gasteiger partial charge in [-0.2, -0.15) is 0 Å². The maximum Gasteiger partial charge on any atom is 0.350 e. The lowest BCUT2D eigenvalue weighted by atomic mass is 10.1. The predicted octanol–water partition coefficient (Wildman–Crippen LogP) is 3.72. The SMILES string of the molecule is CC1(C)OC(=O)C(=CNc2cccc3oc4ccccc4c23)C(=O)O1. The number of anilines is 1. The van der Waals surface area contributed by atoms with Crippen LogP contribution in [0.5, 0.6) is 0 Å². The van der Waals surface area contributed by atoms with Crippen molar-refractivity contribution in [2.24, 2.45) is 0 Å². The Bertz CT molecular complexity index is 1020. The Morgan fingerprint density at radius 3 is 2.36 bits per heavy atom. The molecule has 4 rings (SSSR count). The average molecular weight is 337 g/mol. The minimum Gasteiger partial charge on any atom is -0.456 e. The summed E-state index contributed by atoms with van der Waals surface area (Å²) in [7, 11) is 0. The number of ether oxygens (including phenoxy) is 2. The molecule has 1 aliphatic rings. The summed E-state index contributed by atoms with van der Waals surface area (Å²) in [6.45, 7) is 3.01. The first-order valence-electron chi connectivity index (χ1n) is 7.78. The second-order valence-electron chi connectivity index (χ2n) is 6.16. The molecule has 1 N–H and O–H groups in total. The molecule has 6 nitrogen and oxygen atoms in total. The Morgan fingerprint density at radius 1 is 0.920 bits per heavy atom. The fraction of sp³-hybridized carbons (Fsp3) is 0.158. The van der Waals surface area contributed by atoms with E-state index in [1.165, 1.54) is 20.0 Å². The molecule has 0 bridgehead atoms. The van der Waals surface area contributed by atoms with E-state index in [0.29, 0.717) is 11.3 Å². The molecule has 1 aliphatic heterocycles. The number of para-hydroxylation sites is 1. The molecule has 0 radical (unpaired) electrons. The number of rotatable bonds is 2. The molecule has 1 saturated heterocycles. The van der Waals surface area contributed by atoms with E-state index < -0.39 is 17.7 Å². The van der Waals surface area contributed by atoms with E-state index in [-0.39, 0.29) is 5.57 Å². The van der Waals surface area contributed by atoms with Crippen LogP contribution in [0.25, 0.3) is 21.9 Å². The summed E-state index contributed by atoms with van der Waals surface area (Å²) in [5.74, 6) is -2.71. The fourth-order valence-corrected chi connectivity index (χ4v) is 2.82. The summed E-state index contributed by atoms with van der Waals surface area (Å²) in [4.78, 5) is 24.0. The van der Waals surface area contributed by atoms with E-state index in [4.69, 9.17) is 13.9 Å². The van der Waals surface area contributed by atoms with Crippen molar-refractivity contribution in [1.82, 2.24) is 0 Å². The van der Waals surface area contributed by atoms with Crippen LogP contribution in [-0.2, 0) is 19.1 Å². The average Bonchev–Trinajstić information content (AvgIpc) is 2.92. The fourth-order valence-electron chi connectivity index (χ4n) is 2.82. The summed E-state index contributed by atoms with van der Waals surface area (Å²) in [6, 6.07) is 13.2. The van der Waals surface area contributed by atoms with Crippen molar-refractivity contribution in [2.45, 2.75) is 19.6 Å². The molecule has 0 unspecified atom stereocenters. The molecule has 3 aromatic rings. The van der Waals surface area contributed by atoms with E-state index in [2.05, 4.69) is 5.32 Å². The number of hydrogen-bond acceptors (Lipinski definition) is 6. The van der Waals surface area contributed by atoms with Crippen LogP contribution in [0.15, 0.2) is 58.7 Å². The summed E-state index contributed by atoms with van der Waals surface area (Å²) < 4.78 is 16.0. The molecule has 0 atom stereocenters. The van der Waals surface area contributed by atoms with Gasteiger partial charge in [0, 0.05) is 31.1 Å². The van der Waals surface area contributed by atoms with E-state index in [1.54, 1.807) is 0 Å². The quantitative estimate of drug-likeness (QED) is 0.436. The molecule has 6 heteroatoms. The number of nitrogens with one attached hydrogen (secondary N) is 1. The Morgan fingerprint density at radius 2 is 1.60 bits per heavy atom. The Labute approximate surface area is 143 Å². The summed E-state index contributed by atoms with van der Waals surface area (Å²) in [6.07, 6.45) is 1.30. The number of carbonyl (C=O) groups is 2. The van der Waals surface area contributed by atoms with Crippen molar-refractivity contribution in [1.29, 1.82) is 0 Å². The number of furan rings is 1. The molecule has 0 amide bonds. The van der Waals surface area contributed by atoms with Crippen LogP contribution in [0.2, 0.25) is 0 Å². The van der Waals surface area contributed by atoms with E-state index in [0.717, 1.165) is 16.4 Å². The highest BCUT2D eigenvalue weighted by Gasteiger charge is 2.38. The van der Waals surface area contributed by atoms with Crippen molar-refractivity contribution in [2.75, 3.05) is 5.32 Å². The molecule has 1 aromatic heterocycles. The summed E-state index contributed by atoms with van der Waals surface area (Å²) in [5, 5.41) is 4.81. The van der Waals surface area contributed by atoms with Gasteiger partial charge in [-0.15, -0.1) is 0 Å². The number of hydrogen-bond donors (Lipinski definition) is 1. The lowest BCUT2D eigenvalue weighted by Crippen LogP contribution is -2.42. The number of fused-ring (bicyclic) bond motifs is 3. The Balaban J connectivity index is 1.74. The zero-order valence-electron chi connectivity index (χ0n) is 13.7. The monoisotopic (exact) mass is 337 g/mol. The minimum absolute atomic E-state index is 0.191. The highest BCUT2D eigenvalue weighted by molar-refractivity contribution is 6.16. The summed E-state index contributed by atoms with van der Waals surface area (Å²) in [5.41, 5.74) is 1.99. The van der Waals surface area contributed by atoms with E-state index >= 15 is 0 Å². The first-order valence-corrected chi connectivity index (χ1v) is 7.78. The molecule has 25 heavy (non-hydrogen) atoms. The van der Waals surface area contributed by atoms with Crippen LogP contribution in [0.4, 0.5) is 5.69 Å². The van der Waals surface area contributed by atoms with Gasteiger partial charge in [-0.05, 0) is 18.2 Å². The van der Waals surface area contributed by atoms with Crippen molar-refractivity contribution < 1.29 is 23.5 Å². The van der Waals surface area contributed by atoms with Gasteiger partial charge in [0.05, 0.1) is 5.39 Å². The Kier molecular flexibility index (Phi) is 3.28. The Hall–Kier alpha value is -3.28. The third-order valence-corrected chi connectivity index (χ3v) is 3.89. The van der Waals surface area contributed by atoms with Crippen molar-refractivity contribution in [3.63, 3.8) is 0 Å². The van der Waals surface area contributed by atoms with Crippen LogP contribution in [-0.4, -0.2) is 17.7 Å². The third-order valence-electron chi connectivity index (χ3n) is 3.89. The van der Waals surface area contributed by atoms with Crippen LogP contribution in [0.3, 0.4) is 0 Å². The van der Waals surface area contributed by atoms with E-state index in [9.17, 15) is 9.59 Å². The van der Waals surface area contributed by atoms with Crippen LogP contribution in [0.1, 0.15) is 13.8 Å². The van der Waals surface area contributed by atoms with Crippen molar-refractivity contribution in [3.05, 3.63) is 54.2 Å².